The normalized spacial score (nSPS) is 11.7. The predicted octanol–water partition coefficient (Wildman–Crippen LogP) is 5.59. The molecule has 222 valence electrons. The van der Waals surface area contributed by atoms with Gasteiger partial charge in [0.05, 0.1) is 18.7 Å². The van der Waals surface area contributed by atoms with Gasteiger partial charge in [0.1, 0.15) is 6.04 Å². The van der Waals surface area contributed by atoms with Gasteiger partial charge in [-0.25, -0.2) is 10.4 Å². The minimum Gasteiger partial charge on any atom is -0.493 e. The molecule has 2 aromatic carbocycles. The van der Waals surface area contributed by atoms with E-state index < -0.39 is 29.7 Å². The van der Waals surface area contributed by atoms with Gasteiger partial charge >= 0.3 is 5.97 Å². The molecule has 42 heavy (non-hydrogen) atoms. The zero-order chi connectivity index (χ0) is 31.0. The minimum absolute atomic E-state index is 0.112. The van der Waals surface area contributed by atoms with Crippen molar-refractivity contribution >= 4 is 23.5 Å². The molecule has 1 aromatic heterocycles. The molecule has 0 saturated heterocycles. The number of methoxy groups -OCH3 is 1. The molecule has 0 spiro atoms. The molecule has 0 aliphatic heterocycles. The van der Waals surface area contributed by atoms with E-state index in [4.69, 9.17) is 9.47 Å². The van der Waals surface area contributed by atoms with Gasteiger partial charge in [-0.1, -0.05) is 77.9 Å². The van der Waals surface area contributed by atoms with Crippen LogP contribution in [0.4, 0.5) is 0 Å². The fraction of sp³-hybridized carbons (Fsp3) is 0.364. The van der Waals surface area contributed by atoms with Gasteiger partial charge in [0.2, 0.25) is 5.75 Å². The standard InChI is InChI=1S/C33H40N4O5/c1-19(2)23-11-9-13-25(17-23)28(26-14-10-12-24(18-26)20(3)4)36-37-31(38)22(7)35-32(39)29-30(42-33(40)21(5)6)27(41-8)15-16-34-29/h9-22H,1-8H3,(H,35,39)(H,37,38)/t22-/m0/s1. The Morgan fingerprint density at radius 2 is 1.40 bits per heavy atom. The Kier molecular flexibility index (Phi) is 11.0. The Balaban J connectivity index is 1.88. The van der Waals surface area contributed by atoms with Crippen LogP contribution in [0.25, 0.3) is 0 Å². The number of benzene rings is 2. The largest absolute Gasteiger partial charge is 0.493 e. The van der Waals surface area contributed by atoms with Gasteiger partial charge < -0.3 is 14.8 Å². The molecule has 3 rings (SSSR count). The molecule has 9 heteroatoms. The first kappa shape index (κ1) is 32.0. The number of hydrazone groups is 1. The molecule has 3 aromatic rings. The zero-order valence-corrected chi connectivity index (χ0v) is 25.5. The van der Waals surface area contributed by atoms with Crippen LogP contribution in [-0.4, -0.2) is 41.6 Å². The highest BCUT2D eigenvalue weighted by Gasteiger charge is 2.25. The number of carbonyl (C=O) groups is 3. The van der Waals surface area contributed by atoms with Crippen molar-refractivity contribution in [2.75, 3.05) is 7.11 Å². The van der Waals surface area contributed by atoms with Crippen molar-refractivity contribution in [1.29, 1.82) is 0 Å². The van der Waals surface area contributed by atoms with E-state index in [-0.39, 0.29) is 17.2 Å². The number of aromatic nitrogens is 1. The average Bonchev–Trinajstić information content (AvgIpc) is 2.97. The lowest BCUT2D eigenvalue weighted by atomic mass is 9.94. The predicted molar refractivity (Wildman–Crippen MR) is 163 cm³/mol. The van der Waals surface area contributed by atoms with Crippen LogP contribution in [0.15, 0.2) is 65.9 Å². The minimum atomic E-state index is -0.992. The molecule has 9 nitrogen and oxygen atoms in total. The highest BCUT2D eigenvalue weighted by Crippen LogP contribution is 2.30. The molecule has 0 radical (unpaired) electrons. The molecule has 0 fully saturated rings. The fourth-order valence-corrected chi connectivity index (χ4v) is 3.99. The van der Waals surface area contributed by atoms with E-state index in [9.17, 15) is 14.4 Å². The maximum atomic E-state index is 13.1. The van der Waals surface area contributed by atoms with Crippen LogP contribution in [-0.2, 0) is 9.59 Å². The number of hydrogen-bond donors (Lipinski definition) is 2. The third kappa shape index (κ3) is 8.02. The number of hydrogen-bond acceptors (Lipinski definition) is 7. The van der Waals surface area contributed by atoms with Crippen LogP contribution >= 0.6 is 0 Å². The number of esters is 1. The van der Waals surface area contributed by atoms with Crippen LogP contribution < -0.4 is 20.2 Å². The number of carbonyl (C=O) groups excluding carboxylic acids is 3. The number of ether oxygens (including phenoxy) is 2. The molecule has 1 atom stereocenters. The van der Waals surface area contributed by atoms with Crippen molar-refractivity contribution < 1.29 is 23.9 Å². The lowest BCUT2D eigenvalue weighted by Crippen LogP contribution is -2.44. The Bertz CT molecular complexity index is 1410. The second kappa shape index (κ2) is 14.4. The number of pyridine rings is 1. The topological polar surface area (TPSA) is 119 Å². The third-order valence-electron chi connectivity index (χ3n) is 6.65. The summed E-state index contributed by atoms with van der Waals surface area (Å²) in [6.45, 7) is 13.3. The Labute approximate surface area is 247 Å². The van der Waals surface area contributed by atoms with Crippen molar-refractivity contribution in [2.24, 2.45) is 11.0 Å². The molecular formula is C33H40N4O5. The highest BCUT2D eigenvalue weighted by atomic mass is 16.6. The molecule has 0 unspecified atom stereocenters. The van der Waals surface area contributed by atoms with E-state index >= 15 is 0 Å². The summed E-state index contributed by atoms with van der Waals surface area (Å²) in [5, 5.41) is 7.14. The summed E-state index contributed by atoms with van der Waals surface area (Å²) in [4.78, 5) is 42.6. The maximum Gasteiger partial charge on any atom is 0.313 e. The number of nitrogens with one attached hydrogen (secondary N) is 2. The Hall–Kier alpha value is -4.53. The van der Waals surface area contributed by atoms with Gasteiger partial charge in [0.15, 0.2) is 11.4 Å². The summed E-state index contributed by atoms with van der Waals surface area (Å²) < 4.78 is 10.7. The summed E-state index contributed by atoms with van der Waals surface area (Å²) >= 11 is 0. The number of nitrogens with zero attached hydrogens (tertiary/aromatic N) is 2. The first-order valence-corrected chi connectivity index (χ1v) is 14.1. The maximum absolute atomic E-state index is 13.1. The first-order chi connectivity index (χ1) is 19.9. The summed E-state index contributed by atoms with van der Waals surface area (Å²) in [5.41, 5.74) is 7.05. The lowest BCUT2D eigenvalue weighted by molar-refractivity contribution is -0.137. The van der Waals surface area contributed by atoms with Gasteiger partial charge in [-0.15, -0.1) is 0 Å². The smallest absolute Gasteiger partial charge is 0.313 e. The van der Waals surface area contributed by atoms with Gasteiger partial charge in [-0.2, -0.15) is 5.10 Å². The van der Waals surface area contributed by atoms with Crippen LogP contribution in [0.3, 0.4) is 0 Å². The summed E-state index contributed by atoms with van der Waals surface area (Å²) in [6.07, 6.45) is 1.36. The number of rotatable bonds is 11. The fourth-order valence-electron chi connectivity index (χ4n) is 3.99. The summed E-state index contributed by atoms with van der Waals surface area (Å²) in [5.74, 6) is -1.55. The molecule has 2 amide bonds. The van der Waals surface area contributed by atoms with Gasteiger partial charge in [0, 0.05) is 23.4 Å². The molecule has 0 aliphatic carbocycles. The second-order valence-corrected chi connectivity index (χ2v) is 11.0. The molecule has 0 bridgehead atoms. The SMILES string of the molecule is COc1ccnc(C(=O)N[C@@H](C)C(=O)NN=C(c2cccc(C(C)C)c2)c2cccc(C(C)C)c2)c1OC(=O)C(C)C. The molecular weight excluding hydrogens is 532 g/mol. The Morgan fingerprint density at radius 1 is 0.833 bits per heavy atom. The summed E-state index contributed by atoms with van der Waals surface area (Å²) in [6, 6.07) is 16.6. The summed E-state index contributed by atoms with van der Waals surface area (Å²) in [7, 11) is 1.39. The van der Waals surface area contributed by atoms with Gasteiger partial charge in [-0.3, -0.25) is 14.4 Å². The average molecular weight is 573 g/mol. The van der Waals surface area contributed by atoms with E-state index in [0.717, 1.165) is 22.3 Å². The van der Waals surface area contributed by atoms with Crippen molar-refractivity contribution in [3.63, 3.8) is 0 Å². The molecule has 0 aliphatic rings. The van der Waals surface area contributed by atoms with Crippen LogP contribution in [0, 0.1) is 5.92 Å². The second-order valence-electron chi connectivity index (χ2n) is 11.0. The van der Waals surface area contributed by atoms with Crippen molar-refractivity contribution in [1.82, 2.24) is 15.7 Å². The van der Waals surface area contributed by atoms with Crippen molar-refractivity contribution in [2.45, 2.75) is 66.3 Å². The van der Waals surface area contributed by atoms with E-state index in [2.05, 4.69) is 72.8 Å². The highest BCUT2D eigenvalue weighted by molar-refractivity contribution is 6.13. The monoisotopic (exact) mass is 572 g/mol. The molecule has 1 heterocycles. The molecule has 0 saturated carbocycles. The van der Waals surface area contributed by atoms with Crippen LogP contribution in [0.1, 0.15) is 93.0 Å². The quantitative estimate of drug-likeness (QED) is 0.176. The van der Waals surface area contributed by atoms with E-state index in [1.807, 2.05) is 24.3 Å². The van der Waals surface area contributed by atoms with Gasteiger partial charge in [0.25, 0.3) is 11.8 Å². The lowest BCUT2D eigenvalue weighted by Gasteiger charge is -2.17. The Morgan fingerprint density at radius 3 is 1.90 bits per heavy atom. The zero-order valence-electron chi connectivity index (χ0n) is 25.5. The molecule has 2 N–H and O–H groups in total. The third-order valence-corrected chi connectivity index (χ3v) is 6.65. The first-order valence-electron chi connectivity index (χ1n) is 14.1. The van der Waals surface area contributed by atoms with E-state index in [0.29, 0.717) is 17.5 Å². The number of amides is 2. The van der Waals surface area contributed by atoms with E-state index in [1.165, 1.54) is 26.3 Å². The van der Waals surface area contributed by atoms with Gasteiger partial charge in [-0.05, 0) is 42.0 Å². The van der Waals surface area contributed by atoms with Crippen LogP contribution in [0.2, 0.25) is 0 Å². The van der Waals surface area contributed by atoms with Crippen molar-refractivity contribution in [3.8, 4) is 11.5 Å². The van der Waals surface area contributed by atoms with E-state index in [1.54, 1.807) is 13.8 Å². The van der Waals surface area contributed by atoms with Crippen LogP contribution in [0.5, 0.6) is 11.5 Å². The van der Waals surface area contributed by atoms with Crippen molar-refractivity contribution in [3.05, 3.63) is 88.7 Å².